The maximum absolute atomic E-state index is 14.0. The molecule has 6 rings (SSSR count). The van der Waals surface area contributed by atoms with Crippen LogP contribution < -0.4 is 4.90 Å². The molecule has 1 saturated carbocycles. The standard InChI is InChI=1S/C29H25Cl3N2O5/c1-3-14-4-7-16(8-5-14)34-24(36)18-10-9-17-20(22(18)25(34)37)13-28(31)26(38)33(2)27(39)29(28,32)23(17)19-12-15(30)6-11-21(19)35/h4-9,11-12,18,20,22-23,35H,3,10,13H2,1-2H3. The van der Waals surface area contributed by atoms with Crippen LogP contribution in [0.15, 0.2) is 54.1 Å². The van der Waals surface area contributed by atoms with Crippen molar-refractivity contribution in [2.45, 2.75) is 41.9 Å². The molecule has 2 aromatic rings. The number of rotatable bonds is 3. The molecule has 2 heterocycles. The largest absolute Gasteiger partial charge is 0.508 e. The highest BCUT2D eigenvalue weighted by molar-refractivity contribution is 6.53. The van der Waals surface area contributed by atoms with Gasteiger partial charge in [0, 0.05) is 23.6 Å². The zero-order valence-electron chi connectivity index (χ0n) is 21.2. The molecule has 39 heavy (non-hydrogen) atoms. The molecular weight excluding hydrogens is 563 g/mol. The predicted molar refractivity (Wildman–Crippen MR) is 147 cm³/mol. The van der Waals surface area contributed by atoms with E-state index in [0.29, 0.717) is 16.3 Å². The minimum Gasteiger partial charge on any atom is -0.508 e. The van der Waals surface area contributed by atoms with Crippen molar-refractivity contribution < 1.29 is 24.3 Å². The Morgan fingerprint density at radius 1 is 0.974 bits per heavy atom. The highest BCUT2D eigenvalue weighted by Gasteiger charge is 2.76. The number of carbonyl (C=O) groups excluding carboxylic acids is 4. The molecule has 10 heteroatoms. The van der Waals surface area contributed by atoms with E-state index in [0.717, 1.165) is 16.9 Å². The number of halogens is 3. The normalized spacial score (nSPS) is 33.7. The lowest BCUT2D eigenvalue weighted by atomic mass is 9.56. The number of anilines is 1. The number of phenols is 1. The topological polar surface area (TPSA) is 95.0 Å². The summed E-state index contributed by atoms with van der Waals surface area (Å²) in [6, 6.07) is 11.7. The molecular formula is C29H25Cl3N2O5. The van der Waals surface area contributed by atoms with Crippen LogP contribution in [0.1, 0.15) is 36.8 Å². The van der Waals surface area contributed by atoms with E-state index in [1.165, 1.54) is 30.1 Å². The Balaban J connectivity index is 1.51. The number of carbonyl (C=O) groups is 4. The second kappa shape index (κ2) is 8.82. The Morgan fingerprint density at radius 2 is 1.67 bits per heavy atom. The molecule has 202 valence electrons. The van der Waals surface area contributed by atoms with Gasteiger partial charge in [0.05, 0.1) is 17.5 Å². The number of likely N-dealkylation sites (tertiary alicyclic amines) is 1. The number of benzene rings is 2. The van der Waals surface area contributed by atoms with Gasteiger partial charge in [-0.15, -0.1) is 23.2 Å². The maximum atomic E-state index is 14.0. The number of allylic oxidation sites excluding steroid dienone is 2. The quantitative estimate of drug-likeness (QED) is 0.316. The lowest BCUT2D eigenvalue weighted by molar-refractivity contribution is -0.138. The predicted octanol–water partition coefficient (Wildman–Crippen LogP) is 4.80. The van der Waals surface area contributed by atoms with Crippen molar-refractivity contribution in [2.75, 3.05) is 11.9 Å². The summed E-state index contributed by atoms with van der Waals surface area (Å²) < 4.78 is 0. The van der Waals surface area contributed by atoms with Crippen LogP contribution in [0.4, 0.5) is 5.69 Å². The fourth-order valence-electron chi connectivity index (χ4n) is 6.98. The van der Waals surface area contributed by atoms with Gasteiger partial charge in [-0.25, -0.2) is 0 Å². The van der Waals surface area contributed by atoms with E-state index in [-0.39, 0.29) is 36.0 Å². The molecule has 1 N–H and O–H groups in total. The van der Waals surface area contributed by atoms with Crippen molar-refractivity contribution >= 4 is 64.1 Å². The molecule has 2 saturated heterocycles. The number of aromatic hydroxyl groups is 1. The number of aryl methyl sites for hydroxylation is 1. The second-order valence-corrected chi connectivity index (χ2v) is 12.4. The Bertz CT molecular complexity index is 1490. The summed E-state index contributed by atoms with van der Waals surface area (Å²) in [6.07, 6.45) is 2.77. The summed E-state index contributed by atoms with van der Waals surface area (Å²) in [4.78, 5) is 52.9. The highest BCUT2D eigenvalue weighted by atomic mass is 35.5. The molecule has 2 aliphatic carbocycles. The Labute approximate surface area is 240 Å². The summed E-state index contributed by atoms with van der Waals surface area (Å²) >= 11 is 20.5. The molecule has 0 spiro atoms. The van der Waals surface area contributed by atoms with Gasteiger partial charge in [-0.05, 0) is 61.1 Å². The van der Waals surface area contributed by atoms with Gasteiger partial charge < -0.3 is 5.11 Å². The number of imide groups is 2. The minimum absolute atomic E-state index is 0.112. The van der Waals surface area contributed by atoms with Crippen LogP contribution in [0, 0.1) is 17.8 Å². The van der Waals surface area contributed by atoms with Gasteiger partial charge in [0.2, 0.25) is 11.8 Å². The van der Waals surface area contributed by atoms with Gasteiger partial charge in [-0.1, -0.05) is 42.3 Å². The fraction of sp³-hybridized carbons (Fsp3) is 0.379. The first kappa shape index (κ1) is 26.4. The number of fused-ring (bicyclic) bond motifs is 4. The van der Waals surface area contributed by atoms with Crippen LogP contribution in [0.2, 0.25) is 5.02 Å². The number of amides is 4. The van der Waals surface area contributed by atoms with Crippen LogP contribution in [0.25, 0.3) is 0 Å². The van der Waals surface area contributed by atoms with Crippen LogP contribution >= 0.6 is 34.8 Å². The maximum Gasteiger partial charge on any atom is 0.253 e. The number of hydrogen-bond donors (Lipinski definition) is 1. The third-order valence-corrected chi connectivity index (χ3v) is 10.6. The summed E-state index contributed by atoms with van der Waals surface area (Å²) in [7, 11) is 1.32. The zero-order valence-corrected chi connectivity index (χ0v) is 23.4. The van der Waals surface area contributed by atoms with Gasteiger partial charge in [0.1, 0.15) is 5.75 Å². The molecule has 3 fully saturated rings. The molecule has 0 bridgehead atoms. The van der Waals surface area contributed by atoms with Gasteiger partial charge in [-0.3, -0.25) is 29.0 Å². The monoisotopic (exact) mass is 586 g/mol. The van der Waals surface area contributed by atoms with Crippen LogP contribution in [0.5, 0.6) is 5.75 Å². The minimum atomic E-state index is -1.97. The summed E-state index contributed by atoms with van der Waals surface area (Å²) in [5, 5.41) is 11.2. The van der Waals surface area contributed by atoms with Crippen molar-refractivity contribution in [3.05, 3.63) is 70.3 Å². The van der Waals surface area contributed by atoms with Gasteiger partial charge >= 0.3 is 0 Å². The molecule has 7 nitrogen and oxygen atoms in total. The SMILES string of the molecule is CCc1ccc(N2C(=O)C3CC=C4C(CC5(Cl)C(=O)N(C)C(=O)C5(Cl)C4c4cc(Cl)ccc4O)C3C2=O)cc1. The third-order valence-electron chi connectivity index (χ3n) is 8.92. The molecule has 0 radical (unpaired) electrons. The Hall–Kier alpha value is -2.87. The van der Waals surface area contributed by atoms with Crippen molar-refractivity contribution in [1.29, 1.82) is 0 Å². The summed E-state index contributed by atoms with van der Waals surface area (Å²) in [5.41, 5.74) is 2.39. The first-order chi connectivity index (χ1) is 18.5. The van der Waals surface area contributed by atoms with E-state index in [2.05, 4.69) is 0 Å². The van der Waals surface area contributed by atoms with Crippen LogP contribution in [0.3, 0.4) is 0 Å². The van der Waals surface area contributed by atoms with E-state index in [4.69, 9.17) is 34.8 Å². The van der Waals surface area contributed by atoms with Crippen molar-refractivity contribution in [1.82, 2.24) is 4.90 Å². The van der Waals surface area contributed by atoms with Gasteiger partial charge in [0.25, 0.3) is 11.8 Å². The average Bonchev–Trinajstić information content (AvgIpc) is 3.25. The molecule has 6 atom stereocenters. The van der Waals surface area contributed by atoms with Crippen LogP contribution in [-0.4, -0.2) is 50.4 Å². The Morgan fingerprint density at radius 3 is 2.33 bits per heavy atom. The lowest BCUT2D eigenvalue weighted by Gasteiger charge is -2.50. The van der Waals surface area contributed by atoms with E-state index in [1.54, 1.807) is 12.1 Å². The van der Waals surface area contributed by atoms with Crippen LogP contribution in [-0.2, 0) is 25.6 Å². The summed E-state index contributed by atoms with van der Waals surface area (Å²) in [6.45, 7) is 2.02. The van der Waals surface area contributed by atoms with E-state index >= 15 is 0 Å². The molecule has 4 amide bonds. The summed E-state index contributed by atoms with van der Waals surface area (Å²) in [5.74, 6) is -5.43. The highest BCUT2D eigenvalue weighted by Crippen LogP contribution is 2.66. The number of hydrogen-bond acceptors (Lipinski definition) is 5. The van der Waals surface area contributed by atoms with E-state index in [9.17, 15) is 24.3 Å². The van der Waals surface area contributed by atoms with Crippen molar-refractivity contribution in [2.24, 2.45) is 17.8 Å². The molecule has 2 aromatic carbocycles. The average molecular weight is 588 g/mol. The Kier molecular flexibility index (Phi) is 5.96. The first-order valence-electron chi connectivity index (χ1n) is 12.8. The smallest absolute Gasteiger partial charge is 0.253 e. The van der Waals surface area contributed by atoms with E-state index < -0.39 is 45.2 Å². The molecule has 6 unspecified atom stereocenters. The van der Waals surface area contributed by atoms with Gasteiger partial charge in [0.15, 0.2) is 9.75 Å². The lowest BCUT2D eigenvalue weighted by Crippen LogP contribution is -2.60. The number of alkyl halides is 2. The van der Waals surface area contributed by atoms with Crippen molar-refractivity contribution in [3.8, 4) is 5.75 Å². The van der Waals surface area contributed by atoms with E-state index in [1.807, 2.05) is 25.1 Å². The zero-order chi connectivity index (χ0) is 28.0. The third kappa shape index (κ3) is 3.36. The number of nitrogens with zero attached hydrogens (tertiary/aromatic N) is 2. The molecule has 2 aliphatic heterocycles. The fourth-order valence-corrected chi connectivity index (χ4v) is 8.17. The van der Waals surface area contributed by atoms with Crippen molar-refractivity contribution in [3.63, 3.8) is 0 Å². The molecule has 4 aliphatic rings. The number of phenolic OH excluding ortho intramolecular Hbond substituents is 1. The van der Waals surface area contributed by atoms with Gasteiger partial charge in [-0.2, -0.15) is 0 Å². The first-order valence-corrected chi connectivity index (χ1v) is 13.9. The molecule has 0 aromatic heterocycles. The second-order valence-electron chi connectivity index (χ2n) is 10.7.